The van der Waals surface area contributed by atoms with E-state index in [1.54, 1.807) is 26.6 Å². The molecular weight excluding hydrogens is 545 g/mol. The first-order valence-corrected chi connectivity index (χ1v) is 16.9. The quantitative estimate of drug-likeness (QED) is 0.444. The van der Waals surface area contributed by atoms with Crippen LogP contribution in [0.15, 0.2) is 58.7 Å². The number of piperidine rings is 1. The summed E-state index contributed by atoms with van der Waals surface area (Å²) in [5.74, 6) is 1.13. The molecule has 2 fully saturated rings. The zero-order valence-electron chi connectivity index (χ0n) is 23.9. The first kappa shape index (κ1) is 29.0. The molecule has 3 heterocycles. The Morgan fingerprint density at radius 1 is 1.10 bits per heavy atom. The van der Waals surface area contributed by atoms with Crippen molar-refractivity contribution in [2.75, 3.05) is 77.0 Å². The van der Waals surface area contributed by atoms with Gasteiger partial charge in [0.2, 0.25) is 5.96 Å². The summed E-state index contributed by atoms with van der Waals surface area (Å²) in [6.45, 7) is 10.1. The summed E-state index contributed by atoms with van der Waals surface area (Å²) in [6, 6.07) is 14.2. The van der Waals surface area contributed by atoms with Gasteiger partial charge in [-0.1, -0.05) is 35.9 Å². The summed E-state index contributed by atoms with van der Waals surface area (Å²) in [7, 11) is 1.24. The third-order valence-corrected chi connectivity index (χ3v) is 10.2. The molecule has 0 saturated carbocycles. The van der Waals surface area contributed by atoms with E-state index in [-0.39, 0.29) is 0 Å². The number of halogens is 1. The number of aliphatic imine (C=N–C) groups is 1. The molecule has 2 aromatic carbocycles. The maximum Gasteiger partial charge on any atom is 0.202 e. The number of hydrogen-bond donors (Lipinski definition) is 3. The molecular formula is C29H41ClN7O2P. The molecule has 9 nitrogen and oxygen atoms in total. The lowest BCUT2D eigenvalue weighted by molar-refractivity contribution is 0.0982. The highest BCUT2D eigenvalue weighted by atomic mass is 35.5. The molecule has 0 radical (unpaired) electrons. The van der Waals surface area contributed by atoms with Crippen molar-refractivity contribution in [1.29, 1.82) is 0 Å². The molecule has 1 atom stereocenters. The normalized spacial score (nSPS) is 23.3. The van der Waals surface area contributed by atoms with Crippen LogP contribution in [0, 0.1) is 0 Å². The molecule has 0 aromatic heterocycles. The number of anilines is 2. The standard InChI is InChI=1S/C29H41ClN7O2P/c1-35-15-17-37(18-16-35)21-11-13-36(14-12-21)22-9-10-24(25(19-22)39-2)33-28-32-20-27(30)29(31,34-28)23-7-5-6-8-26(23)40(3,4)38/h5-10,19-21H,11-18,31H2,1-4H3,(H2,32,33,34). The van der Waals surface area contributed by atoms with Crippen molar-refractivity contribution in [3.8, 4) is 5.75 Å². The number of nitrogens with one attached hydrogen (secondary N) is 2. The largest absolute Gasteiger partial charge is 0.494 e. The molecule has 3 aliphatic rings. The maximum atomic E-state index is 13.0. The molecule has 5 rings (SSSR count). The van der Waals surface area contributed by atoms with Crippen LogP contribution in [0.3, 0.4) is 0 Å². The van der Waals surface area contributed by atoms with Gasteiger partial charge < -0.3 is 29.7 Å². The van der Waals surface area contributed by atoms with E-state index >= 15 is 0 Å². The summed E-state index contributed by atoms with van der Waals surface area (Å²) >= 11 is 6.59. The van der Waals surface area contributed by atoms with Crippen molar-refractivity contribution in [3.05, 3.63) is 59.3 Å². The van der Waals surface area contributed by atoms with Crippen LogP contribution in [0.2, 0.25) is 0 Å². The molecule has 2 saturated heterocycles. The van der Waals surface area contributed by atoms with Gasteiger partial charge in [0.15, 0.2) is 5.66 Å². The summed E-state index contributed by atoms with van der Waals surface area (Å²) in [5, 5.41) is 7.38. The summed E-state index contributed by atoms with van der Waals surface area (Å²) in [4.78, 5) is 12.3. The van der Waals surface area contributed by atoms with Crippen LogP contribution in [0.4, 0.5) is 11.4 Å². The van der Waals surface area contributed by atoms with Gasteiger partial charge in [0.1, 0.15) is 12.9 Å². The van der Waals surface area contributed by atoms with Crippen molar-refractivity contribution in [2.45, 2.75) is 24.5 Å². The molecule has 0 spiro atoms. The first-order chi connectivity index (χ1) is 19.1. The van der Waals surface area contributed by atoms with Crippen LogP contribution in [0.1, 0.15) is 18.4 Å². The Balaban J connectivity index is 1.31. The zero-order valence-corrected chi connectivity index (χ0v) is 25.5. The van der Waals surface area contributed by atoms with Gasteiger partial charge >= 0.3 is 0 Å². The second kappa shape index (κ2) is 11.7. The fourth-order valence-electron chi connectivity index (χ4n) is 5.81. The minimum absolute atomic E-state index is 0.307. The van der Waals surface area contributed by atoms with Gasteiger partial charge in [-0.15, -0.1) is 0 Å². The van der Waals surface area contributed by atoms with E-state index in [9.17, 15) is 4.57 Å². The number of benzene rings is 2. The van der Waals surface area contributed by atoms with Crippen LogP contribution in [0.5, 0.6) is 5.75 Å². The Morgan fingerprint density at radius 3 is 2.48 bits per heavy atom. The van der Waals surface area contributed by atoms with E-state index in [4.69, 9.17) is 27.1 Å². The Morgan fingerprint density at radius 2 is 1.80 bits per heavy atom. The van der Waals surface area contributed by atoms with Gasteiger partial charge in [0.05, 0.1) is 17.8 Å². The Kier molecular flexibility index (Phi) is 8.50. The van der Waals surface area contributed by atoms with Gasteiger partial charge in [-0.25, -0.2) is 4.99 Å². The highest BCUT2D eigenvalue weighted by Crippen LogP contribution is 2.41. The average Bonchev–Trinajstić information content (AvgIpc) is 2.95. The van der Waals surface area contributed by atoms with Gasteiger partial charge in [0, 0.05) is 74.1 Å². The average molecular weight is 586 g/mol. The summed E-state index contributed by atoms with van der Waals surface area (Å²) in [5.41, 5.74) is 7.93. The van der Waals surface area contributed by atoms with Crippen molar-refractivity contribution in [2.24, 2.45) is 10.7 Å². The lowest BCUT2D eigenvalue weighted by atomic mass is 9.99. The molecule has 2 aromatic rings. The number of hydrogen-bond acceptors (Lipinski definition) is 9. The van der Waals surface area contributed by atoms with Crippen molar-refractivity contribution in [1.82, 2.24) is 15.1 Å². The minimum Gasteiger partial charge on any atom is -0.494 e. The minimum atomic E-state index is -2.63. The van der Waals surface area contributed by atoms with Crippen LogP contribution in [-0.2, 0) is 10.2 Å². The van der Waals surface area contributed by atoms with E-state index in [2.05, 4.69) is 44.5 Å². The number of nitrogens with two attached hydrogens (primary N) is 1. The Hall–Kier alpha value is -2.55. The monoisotopic (exact) mass is 585 g/mol. The number of ether oxygens (including phenoxy) is 1. The predicted molar refractivity (Wildman–Crippen MR) is 167 cm³/mol. The predicted octanol–water partition coefficient (Wildman–Crippen LogP) is 3.42. The number of guanidine groups is 1. The highest BCUT2D eigenvalue weighted by molar-refractivity contribution is 7.70. The van der Waals surface area contributed by atoms with E-state index < -0.39 is 12.8 Å². The van der Waals surface area contributed by atoms with Gasteiger partial charge in [-0.2, -0.15) is 0 Å². The molecule has 216 valence electrons. The topological polar surface area (TPSA) is 98.5 Å². The SMILES string of the molecule is COc1cc(N2CCC(N3CCN(C)CC3)CC2)ccc1NC1=NC(N)(c2ccccc2P(C)(C)=O)C(Cl)=CN1. The van der Waals surface area contributed by atoms with Crippen LogP contribution in [-0.4, -0.2) is 88.6 Å². The Bertz CT molecular complexity index is 1330. The Labute approximate surface area is 242 Å². The second-order valence-corrected chi connectivity index (χ2v) is 14.9. The first-order valence-electron chi connectivity index (χ1n) is 13.9. The van der Waals surface area contributed by atoms with E-state index in [1.807, 2.05) is 30.3 Å². The fraction of sp³-hybridized carbons (Fsp3) is 0.483. The van der Waals surface area contributed by atoms with Crippen molar-refractivity contribution < 1.29 is 9.30 Å². The van der Waals surface area contributed by atoms with Crippen molar-refractivity contribution in [3.63, 3.8) is 0 Å². The number of piperazine rings is 1. The van der Waals surface area contributed by atoms with E-state index in [0.29, 0.717) is 33.7 Å². The molecule has 0 aliphatic carbocycles. The molecule has 1 unspecified atom stereocenters. The highest BCUT2D eigenvalue weighted by Gasteiger charge is 2.38. The number of rotatable bonds is 6. The lowest BCUT2D eigenvalue weighted by Crippen LogP contribution is -2.52. The van der Waals surface area contributed by atoms with Gasteiger partial charge in [0.25, 0.3) is 0 Å². The van der Waals surface area contributed by atoms with Crippen LogP contribution >= 0.6 is 18.7 Å². The summed E-state index contributed by atoms with van der Waals surface area (Å²) < 4.78 is 18.8. The fourth-order valence-corrected chi connectivity index (χ4v) is 7.27. The van der Waals surface area contributed by atoms with Gasteiger partial charge in [-0.05, 0) is 45.4 Å². The summed E-state index contributed by atoms with van der Waals surface area (Å²) in [6.07, 6.45) is 3.96. The molecule has 40 heavy (non-hydrogen) atoms. The maximum absolute atomic E-state index is 13.0. The number of nitrogens with zero attached hydrogens (tertiary/aromatic N) is 4. The van der Waals surface area contributed by atoms with Crippen LogP contribution in [0.25, 0.3) is 0 Å². The molecule has 0 bridgehead atoms. The van der Waals surface area contributed by atoms with Crippen molar-refractivity contribution >= 4 is 41.4 Å². The van der Waals surface area contributed by atoms with E-state index in [0.717, 1.165) is 37.6 Å². The third-order valence-electron chi connectivity index (χ3n) is 8.20. The third kappa shape index (κ3) is 6.04. The van der Waals surface area contributed by atoms with E-state index in [1.165, 1.54) is 25.9 Å². The molecule has 3 aliphatic heterocycles. The second-order valence-electron chi connectivity index (χ2n) is 11.3. The molecule has 4 N–H and O–H groups in total. The molecule has 11 heteroatoms. The zero-order chi connectivity index (χ0) is 28.5. The molecule has 0 amide bonds. The van der Waals surface area contributed by atoms with Crippen LogP contribution < -0.4 is 31.3 Å². The number of likely N-dealkylation sites (N-methyl/N-ethyl adjacent to an activating group) is 1. The number of methoxy groups -OCH3 is 1. The lowest BCUT2D eigenvalue weighted by Gasteiger charge is -2.42. The smallest absolute Gasteiger partial charge is 0.202 e. The van der Waals surface area contributed by atoms with Gasteiger partial charge in [-0.3, -0.25) is 10.6 Å².